The Kier molecular flexibility index (Phi) is 2.14. The third kappa shape index (κ3) is 1.37. The van der Waals surface area contributed by atoms with Crippen LogP contribution in [0.1, 0.15) is 16.2 Å². The maximum Gasteiger partial charge on any atom is 0.260 e. The minimum atomic E-state index is 0.128. The first-order valence-electron chi connectivity index (χ1n) is 3.74. The average molecular weight is 240 g/mol. The third-order valence-electron chi connectivity index (χ3n) is 1.76. The largest absolute Gasteiger partial charge is 0.434 e. The first kappa shape index (κ1) is 8.44. The van der Waals surface area contributed by atoms with Crippen molar-refractivity contribution >= 4 is 33.3 Å². The number of carbonyl (C=O) groups excluding carboxylic acids is 1. The maximum atomic E-state index is 10.4. The van der Waals surface area contributed by atoms with Gasteiger partial charge in [0.05, 0.1) is 0 Å². The van der Waals surface area contributed by atoms with Crippen LogP contribution in [0.4, 0.5) is 0 Å². The number of benzene rings is 1. The molecule has 2 rings (SSSR count). The fraction of sp³-hybridized carbons (Fsp3) is 0.111. The molecular formula is C9H6BrNO2. The van der Waals surface area contributed by atoms with E-state index in [-0.39, 0.29) is 5.89 Å². The number of aldehydes is 1. The van der Waals surface area contributed by atoms with Crippen molar-refractivity contribution in [2.75, 3.05) is 0 Å². The van der Waals surface area contributed by atoms with Crippen LogP contribution in [0, 0.1) is 0 Å². The van der Waals surface area contributed by atoms with Gasteiger partial charge in [-0.25, -0.2) is 4.98 Å². The number of alkyl halides is 1. The van der Waals surface area contributed by atoms with E-state index in [1.165, 1.54) is 0 Å². The van der Waals surface area contributed by atoms with E-state index < -0.39 is 0 Å². The van der Waals surface area contributed by atoms with E-state index in [1.54, 1.807) is 0 Å². The van der Waals surface area contributed by atoms with E-state index >= 15 is 0 Å². The highest BCUT2D eigenvalue weighted by Crippen LogP contribution is 2.21. The fourth-order valence-corrected chi connectivity index (χ4v) is 1.62. The molecule has 0 aliphatic heterocycles. The van der Waals surface area contributed by atoms with Gasteiger partial charge in [-0.3, -0.25) is 4.79 Å². The second-order valence-corrected chi connectivity index (χ2v) is 3.13. The molecule has 0 bridgehead atoms. The number of carbonyl (C=O) groups is 1. The molecule has 0 fully saturated rings. The van der Waals surface area contributed by atoms with E-state index in [2.05, 4.69) is 20.9 Å². The summed E-state index contributed by atoms with van der Waals surface area (Å²) in [6.45, 7) is 0. The Balaban J connectivity index is 2.74. The van der Waals surface area contributed by atoms with Gasteiger partial charge in [-0.05, 0) is 6.07 Å². The van der Waals surface area contributed by atoms with Crippen LogP contribution in [0.2, 0.25) is 0 Å². The summed E-state index contributed by atoms with van der Waals surface area (Å²) in [7, 11) is 0. The van der Waals surface area contributed by atoms with Crippen LogP contribution < -0.4 is 0 Å². The molecule has 4 heteroatoms. The Hall–Kier alpha value is -1.16. The number of oxazole rings is 1. The Bertz CT molecular complexity index is 450. The van der Waals surface area contributed by atoms with Crippen molar-refractivity contribution in [3.05, 3.63) is 29.7 Å². The molecule has 1 aromatic heterocycles. The monoisotopic (exact) mass is 239 g/mol. The fourth-order valence-electron chi connectivity index (χ4n) is 1.18. The zero-order valence-corrected chi connectivity index (χ0v) is 8.24. The van der Waals surface area contributed by atoms with Crippen molar-refractivity contribution in [3.63, 3.8) is 0 Å². The van der Waals surface area contributed by atoms with E-state index in [0.717, 1.165) is 11.1 Å². The van der Waals surface area contributed by atoms with Crippen molar-refractivity contribution in [2.24, 2.45) is 0 Å². The van der Waals surface area contributed by atoms with Gasteiger partial charge in [0, 0.05) is 10.9 Å². The maximum absolute atomic E-state index is 10.4. The van der Waals surface area contributed by atoms with Crippen LogP contribution in [0.25, 0.3) is 11.1 Å². The lowest BCUT2D eigenvalue weighted by Gasteiger charge is -1.93. The van der Waals surface area contributed by atoms with Crippen molar-refractivity contribution in [1.29, 1.82) is 0 Å². The molecule has 0 amide bonds. The zero-order chi connectivity index (χ0) is 9.26. The van der Waals surface area contributed by atoms with Crippen molar-refractivity contribution in [1.82, 2.24) is 4.98 Å². The van der Waals surface area contributed by atoms with Crippen LogP contribution in [0.5, 0.6) is 0 Å². The molecule has 2 aromatic rings. The smallest absolute Gasteiger partial charge is 0.260 e. The molecule has 0 aliphatic carbocycles. The summed E-state index contributed by atoms with van der Waals surface area (Å²) in [5.74, 6) is 0.128. The standard InChI is InChI=1S/C9H6BrNO2/c10-4-6-2-1-3-7-9(6)13-8(5-12)11-7/h1-3,5H,4H2. The number of fused-ring (bicyclic) bond motifs is 1. The predicted molar refractivity (Wildman–Crippen MR) is 52.0 cm³/mol. The van der Waals surface area contributed by atoms with Gasteiger partial charge in [0.2, 0.25) is 6.29 Å². The molecular weight excluding hydrogens is 234 g/mol. The molecule has 0 radical (unpaired) electrons. The molecule has 0 atom stereocenters. The van der Waals surface area contributed by atoms with Gasteiger partial charge >= 0.3 is 0 Å². The summed E-state index contributed by atoms with van der Waals surface area (Å²) >= 11 is 3.33. The molecule has 0 saturated carbocycles. The van der Waals surface area contributed by atoms with Gasteiger partial charge in [-0.2, -0.15) is 0 Å². The quantitative estimate of drug-likeness (QED) is 0.598. The number of halogens is 1. The highest BCUT2D eigenvalue weighted by molar-refractivity contribution is 9.08. The molecule has 0 spiro atoms. The number of nitrogens with zero attached hydrogens (tertiary/aromatic N) is 1. The number of para-hydroxylation sites is 1. The molecule has 0 N–H and O–H groups in total. The Labute approximate surface area is 82.9 Å². The number of rotatable bonds is 2. The van der Waals surface area contributed by atoms with Crippen LogP contribution in [0.15, 0.2) is 22.6 Å². The average Bonchev–Trinajstić information content (AvgIpc) is 2.59. The summed E-state index contributed by atoms with van der Waals surface area (Å²) in [6.07, 6.45) is 0.609. The number of aromatic nitrogens is 1. The van der Waals surface area contributed by atoms with Crippen LogP contribution >= 0.6 is 15.9 Å². The predicted octanol–water partition coefficient (Wildman–Crippen LogP) is 2.54. The third-order valence-corrected chi connectivity index (χ3v) is 2.36. The molecule has 0 aliphatic rings. The summed E-state index contributed by atoms with van der Waals surface area (Å²) < 4.78 is 5.23. The Morgan fingerprint density at radius 1 is 1.54 bits per heavy atom. The van der Waals surface area contributed by atoms with Crippen molar-refractivity contribution in [3.8, 4) is 0 Å². The summed E-state index contributed by atoms with van der Waals surface area (Å²) in [4.78, 5) is 14.4. The molecule has 0 unspecified atom stereocenters. The van der Waals surface area contributed by atoms with E-state index in [4.69, 9.17) is 4.42 Å². The number of hydrogen-bond acceptors (Lipinski definition) is 3. The van der Waals surface area contributed by atoms with E-state index in [9.17, 15) is 4.79 Å². The van der Waals surface area contributed by atoms with Gasteiger partial charge in [0.1, 0.15) is 5.52 Å². The SMILES string of the molecule is O=Cc1nc2cccc(CBr)c2o1. The molecule has 13 heavy (non-hydrogen) atoms. The van der Waals surface area contributed by atoms with Gasteiger partial charge < -0.3 is 4.42 Å². The Morgan fingerprint density at radius 2 is 2.38 bits per heavy atom. The first-order valence-corrected chi connectivity index (χ1v) is 4.87. The lowest BCUT2D eigenvalue weighted by atomic mass is 10.2. The molecule has 1 aromatic carbocycles. The lowest BCUT2D eigenvalue weighted by Crippen LogP contribution is -1.76. The van der Waals surface area contributed by atoms with Crippen molar-refractivity contribution < 1.29 is 9.21 Å². The normalized spacial score (nSPS) is 10.5. The first-order chi connectivity index (χ1) is 6.35. The Morgan fingerprint density at radius 3 is 3.08 bits per heavy atom. The zero-order valence-electron chi connectivity index (χ0n) is 6.66. The summed E-state index contributed by atoms with van der Waals surface area (Å²) in [5, 5.41) is 0.692. The highest BCUT2D eigenvalue weighted by atomic mass is 79.9. The molecule has 0 saturated heterocycles. The molecule has 1 heterocycles. The van der Waals surface area contributed by atoms with Crippen LogP contribution in [-0.2, 0) is 5.33 Å². The van der Waals surface area contributed by atoms with Gasteiger partial charge in [-0.1, -0.05) is 28.1 Å². The lowest BCUT2D eigenvalue weighted by molar-refractivity contribution is 0.109. The van der Waals surface area contributed by atoms with Crippen LogP contribution in [0.3, 0.4) is 0 Å². The van der Waals surface area contributed by atoms with E-state index in [0.29, 0.717) is 17.2 Å². The topological polar surface area (TPSA) is 43.1 Å². The second kappa shape index (κ2) is 3.30. The van der Waals surface area contributed by atoms with Gasteiger partial charge in [0.25, 0.3) is 5.89 Å². The summed E-state index contributed by atoms with van der Waals surface area (Å²) in [5.41, 5.74) is 2.40. The molecule has 3 nitrogen and oxygen atoms in total. The number of hydrogen-bond donors (Lipinski definition) is 0. The highest BCUT2D eigenvalue weighted by Gasteiger charge is 2.07. The van der Waals surface area contributed by atoms with Gasteiger partial charge in [-0.15, -0.1) is 0 Å². The van der Waals surface area contributed by atoms with Gasteiger partial charge in [0.15, 0.2) is 5.58 Å². The minimum absolute atomic E-state index is 0.128. The van der Waals surface area contributed by atoms with E-state index in [1.807, 2.05) is 18.2 Å². The summed E-state index contributed by atoms with van der Waals surface area (Å²) in [6, 6.07) is 5.63. The minimum Gasteiger partial charge on any atom is -0.434 e. The second-order valence-electron chi connectivity index (χ2n) is 2.57. The van der Waals surface area contributed by atoms with Crippen molar-refractivity contribution in [2.45, 2.75) is 5.33 Å². The molecule has 66 valence electrons. The van der Waals surface area contributed by atoms with Crippen LogP contribution in [-0.4, -0.2) is 11.3 Å².